The van der Waals surface area contributed by atoms with Crippen LogP contribution in [0.4, 0.5) is 5.95 Å². The van der Waals surface area contributed by atoms with Gasteiger partial charge in [0.05, 0.1) is 24.6 Å². The molecule has 0 atom stereocenters. The van der Waals surface area contributed by atoms with E-state index < -0.39 is 5.91 Å². The van der Waals surface area contributed by atoms with Gasteiger partial charge in [0.15, 0.2) is 0 Å². The first-order valence-electron chi connectivity index (χ1n) is 5.79. The van der Waals surface area contributed by atoms with Crippen molar-refractivity contribution in [3.05, 3.63) is 42.0 Å². The quantitative estimate of drug-likeness (QED) is 0.775. The minimum absolute atomic E-state index is 0.00104. The molecule has 0 aliphatic rings. The predicted octanol–water partition coefficient (Wildman–Crippen LogP) is 0.253. The number of carbonyl (C=O) groups excluding carboxylic acids is 1. The third-order valence-electron chi connectivity index (χ3n) is 2.18. The molecule has 7 nitrogen and oxygen atoms in total. The Morgan fingerprint density at radius 3 is 3.00 bits per heavy atom. The highest BCUT2D eigenvalue weighted by molar-refractivity contribution is 6.03. The Kier molecular flexibility index (Phi) is 4.70. The van der Waals surface area contributed by atoms with E-state index >= 15 is 0 Å². The summed E-state index contributed by atoms with van der Waals surface area (Å²) < 4.78 is 0. The lowest BCUT2D eigenvalue weighted by Crippen LogP contribution is -2.14. The van der Waals surface area contributed by atoms with Gasteiger partial charge in [0.25, 0.3) is 5.91 Å². The van der Waals surface area contributed by atoms with E-state index in [9.17, 15) is 4.79 Å². The van der Waals surface area contributed by atoms with Crippen LogP contribution in [-0.4, -0.2) is 37.8 Å². The molecule has 1 amide bonds. The Hall–Kier alpha value is -2.85. The standard InChI is InChI=1S/C13H11N5O2/c19-6-2-1-3-10-7-11(9-14-8-10)12(20)17-13-15-4-5-16-18-13/h4-5,7-9,19H,2,6H2,(H,15,17,18,20). The number of hydrogen-bond donors (Lipinski definition) is 2. The second-order valence-electron chi connectivity index (χ2n) is 3.66. The van der Waals surface area contributed by atoms with Crippen LogP contribution in [0.15, 0.2) is 30.9 Å². The van der Waals surface area contributed by atoms with E-state index in [0.717, 1.165) is 0 Å². The molecule has 0 aliphatic carbocycles. The lowest BCUT2D eigenvalue weighted by atomic mass is 10.2. The van der Waals surface area contributed by atoms with Crippen molar-refractivity contribution < 1.29 is 9.90 Å². The fraction of sp³-hybridized carbons (Fsp3) is 0.154. The van der Waals surface area contributed by atoms with Crippen LogP contribution in [-0.2, 0) is 0 Å². The molecular formula is C13H11N5O2. The van der Waals surface area contributed by atoms with Crippen LogP contribution >= 0.6 is 0 Å². The Morgan fingerprint density at radius 1 is 1.35 bits per heavy atom. The van der Waals surface area contributed by atoms with Gasteiger partial charge in [-0.3, -0.25) is 15.1 Å². The smallest absolute Gasteiger partial charge is 0.259 e. The molecule has 0 fully saturated rings. The van der Waals surface area contributed by atoms with Gasteiger partial charge in [-0.15, -0.1) is 5.10 Å². The Balaban J connectivity index is 2.11. The van der Waals surface area contributed by atoms with Crippen molar-refractivity contribution in [2.24, 2.45) is 0 Å². The molecule has 20 heavy (non-hydrogen) atoms. The monoisotopic (exact) mass is 269 g/mol. The number of nitrogens with zero attached hydrogens (tertiary/aromatic N) is 4. The minimum Gasteiger partial charge on any atom is -0.395 e. The average molecular weight is 269 g/mol. The summed E-state index contributed by atoms with van der Waals surface area (Å²) in [6.45, 7) is -0.00104. The summed E-state index contributed by atoms with van der Waals surface area (Å²) in [5, 5.41) is 18.4. The summed E-state index contributed by atoms with van der Waals surface area (Å²) in [5.74, 6) is 5.30. The molecule has 0 unspecified atom stereocenters. The molecule has 0 bridgehead atoms. The number of anilines is 1. The summed E-state index contributed by atoms with van der Waals surface area (Å²) in [6.07, 6.45) is 6.18. The van der Waals surface area contributed by atoms with E-state index in [0.29, 0.717) is 17.5 Å². The molecule has 2 aromatic heterocycles. The van der Waals surface area contributed by atoms with Crippen LogP contribution < -0.4 is 5.32 Å². The number of carbonyl (C=O) groups is 1. The number of nitrogens with one attached hydrogen (secondary N) is 1. The first-order valence-corrected chi connectivity index (χ1v) is 5.79. The van der Waals surface area contributed by atoms with Crippen molar-refractivity contribution in [3.8, 4) is 11.8 Å². The van der Waals surface area contributed by atoms with Gasteiger partial charge in [0.1, 0.15) is 0 Å². The van der Waals surface area contributed by atoms with Crippen molar-refractivity contribution >= 4 is 11.9 Å². The lowest BCUT2D eigenvalue weighted by molar-refractivity contribution is 0.102. The molecule has 100 valence electrons. The Labute approximate surface area is 115 Å². The van der Waals surface area contributed by atoms with Gasteiger partial charge in [0.2, 0.25) is 5.95 Å². The zero-order valence-corrected chi connectivity index (χ0v) is 10.4. The normalized spacial score (nSPS) is 9.45. The van der Waals surface area contributed by atoms with E-state index in [-0.39, 0.29) is 12.6 Å². The van der Waals surface area contributed by atoms with Crippen molar-refractivity contribution in [2.45, 2.75) is 6.42 Å². The summed E-state index contributed by atoms with van der Waals surface area (Å²) in [5.41, 5.74) is 0.937. The first kappa shape index (κ1) is 13.6. The molecule has 2 aromatic rings. The van der Waals surface area contributed by atoms with Crippen LogP contribution in [0.5, 0.6) is 0 Å². The number of rotatable bonds is 3. The van der Waals surface area contributed by atoms with Gasteiger partial charge in [-0.05, 0) is 6.07 Å². The maximum atomic E-state index is 11.9. The largest absolute Gasteiger partial charge is 0.395 e. The number of pyridine rings is 1. The third kappa shape index (κ3) is 3.83. The number of hydrogen-bond acceptors (Lipinski definition) is 6. The van der Waals surface area contributed by atoms with E-state index in [2.05, 4.69) is 37.3 Å². The number of amides is 1. The first-order chi connectivity index (χ1) is 9.79. The SMILES string of the molecule is O=C(Nc1nccnn1)c1cncc(C#CCCO)c1. The lowest BCUT2D eigenvalue weighted by Gasteiger charge is -2.02. The second kappa shape index (κ2) is 6.92. The molecule has 0 radical (unpaired) electrons. The Bertz CT molecular complexity index is 649. The highest BCUT2D eigenvalue weighted by atomic mass is 16.2. The van der Waals surface area contributed by atoms with Crippen molar-refractivity contribution in [1.82, 2.24) is 20.2 Å². The molecule has 2 rings (SSSR count). The summed E-state index contributed by atoms with van der Waals surface area (Å²) in [6, 6.07) is 1.60. The molecule has 0 aliphatic heterocycles. The van der Waals surface area contributed by atoms with Crippen molar-refractivity contribution in [2.75, 3.05) is 11.9 Å². The maximum Gasteiger partial charge on any atom is 0.259 e. The van der Waals surface area contributed by atoms with E-state index in [1.54, 1.807) is 12.3 Å². The topological polar surface area (TPSA) is 101 Å². The fourth-order valence-electron chi connectivity index (χ4n) is 1.33. The van der Waals surface area contributed by atoms with Crippen LogP contribution in [0.2, 0.25) is 0 Å². The maximum absolute atomic E-state index is 11.9. The van der Waals surface area contributed by atoms with Crippen LogP contribution in [0, 0.1) is 11.8 Å². The van der Waals surface area contributed by atoms with Crippen molar-refractivity contribution in [1.29, 1.82) is 0 Å². The minimum atomic E-state index is -0.392. The zero-order chi connectivity index (χ0) is 14.2. The Morgan fingerprint density at radius 2 is 2.25 bits per heavy atom. The molecule has 0 saturated carbocycles. The van der Waals surface area contributed by atoms with Gasteiger partial charge >= 0.3 is 0 Å². The molecule has 0 saturated heterocycles. The van der Waals surface area contributed by atoms with Gasteiger partial charge in [-0.1, -0.05) is 11.8 Å². The predicted molar refractivity (Wildman–Crippen MR) is 70.6 cm³/mol. The van der Waals surface area contributed by atoms with E-state index in [4.69, 9.17) is 5.11 Å². The summed E-state index contributed by atoms with van der Waals surface area (Å²) in [7, 11) is 0. The summed E-state index contributed by atoms with van der Waals surface area (Å²) in [4.78, 5) is 19.7. The number of aliphatic hydroxyl groups is 1. The highest BCUT2D eigenvalue weighted by Gasteiger charge is 2.08. The van der Waals surface area contributed by atoms with Gasteiger partial charge in [-0.2, -0.15) is 5.10 Å². The average Bonchev–Trinajstić information content (AvgIpc) is 2.49. The number of aliphatic hydroxyl groups excluding tert-OH is 1. The zero-order valence-electron chi connectivity index (χ0n) is 10.4. The van der Waals surface area contributed by atoms with Crippen LogP contribution in [0.25, 0.3) is 0 Å². The van der Waals surface area contributed by atoms with E-state index in [1.165, 1.54) is 18.6 Å². The fourth-order valence-corrected chi connectivity index (χ4v) is 1.33. The molecule has 0 spiro atoms. The molecule has 7 heteroatoms. The van der Waals surface area contributed by atoms with Gasteiger partial charge < -0.3 is 5.11 Å². The van der Waals surface area contributed by atoms with E-state index in [1.807, 2.05) is 0 Å². The van der Waals surface area contributed by atoms with Gasteiger partial charge in [-0.25, -0.2) is 4.98 Å². The third-order valence-corrected chi connectivity index (χ3v) is 2.18. The highest BCUT2D eigenvalue weighted by Crippen LogP contribution is 2.04. The second-order valence-corrected chi connectivity index (χ2v) is 3.66. The summed E-state index contributed by atoms with van der Waals surface area (Å²) >= 11 is 0. The van der Waals surface area contributed by atoms with Crippen LogP contribution in [0.3, 0.4) is 0 Å². The molecule has 2 N–H and O–H groups in total. The van der Waals surface area contributed by atoms with Gasteiger partial charge in [0, 0.05) is 24.4 Å². The molecular weight excluding hydrogens is 258 g/mol. The molecule has 2 heterocycles. The number of aromatic nitrogens is 4. The molecule has 0 aromatic carbocycles. The van der Waals surface area contributed by atoms with Crippen molar-refractivity contribution in [3.63, 3.8) is 0 Å². The van der Waals surface area contributed by atoms with Crippen LogP contribution in [0.1, 0.15) is 22.3 Å².